The predicted octanol–water partition coefficient (Wildman–Crippen LogP) is 2.37. The second-order valence-corrected chi connectivity index (χ2v) is 3.30. The van der Waals surface area contributed by atoms with Gasteiger partial charge in [-0.1, -0.05) is 22.0 Å². The molecule has 0 aromatic heterocycles. The highest BCUT2D eigenvalue weighted by Gasteiger charge is 2.08. The number of hydrogen-bond donors (Lipinski definition) is 2. The van der Waals surface area contributed by atoms with Crippen LogP contribution >= 0.6 is 15.9 Å². The largest absolute Gasteiger partial charge is 0.508 e. The normalized spacial score (nSPS) is 12.5. The molecule has 2 nitrogen and oxygen atoms in total. The van der Waals surface area contributed by atoms with Crippen LogP contribution in [0.5, 0.6) is 5.75 Å². The van der Waals surface area contributed by atoms with Crippen molar-refractivity contribution in [1.29, 1.82) is 0 Å². The number of aliphatic hydroxyl groups excluding tert-OH is 1. The van der Waals surface area contributed by atoms with Gasteiger partial charge in [-0.3, -0.25) is 0 Å². The van der Waals surface area contributed by atoms with Crippen LogP contribution in [0, 0.1) is 0 Å². The molecule has 2 N–H and O–H groups in total. The van der Waals surface area contributed by atoms with Gasteiger partial charge in [0.25, 0.3) is 0 Å². The molecule has 0 aliphatic carbocycles. The molecule has 0 aliphatic rings. The quantitative estimate of drug-likeness (QED) is 0.764. The van der Waals surface area contributed by atoms with Crippen LogP contribution in [0.4, 0.5) is 0 Å². The summed E-state index contributed by atoms with van der Waals surface area (Å²) in [6.45, 7) is 3.43. The van der Waals surface area contributed by atoms with Crippen LogP contribution in [0.25, 0.3) is 0 Å². The zero-order valence-electron chi connectivity index (χ0n) is 6.37. The van der Waals surface area contributed by atoms with Crippen LogP contribution in [0.15, 0.2) is 35.3 Å². The Hall–Kier alpha value is -0.800. The molecule has 0 amide bonds. The van der Waals surface area contributed by atoms with E-state index in [2.05, 4.69) is 22.5 Å². The minimum absolute atomic E-state index is 0.0746. The fourth-order valence-corrected chi connectivity index (χ4v) is 1.27. The first-order chi connectivity index (χ1) is 5.65. The lowest BCUT2D eigenvalue weighted by Crippen LogP contribution is -1.92. The summed E-state index contributed by atoms with van der Waals surface area (Å²) in [6, 6.07) is 4.88. The van der Waals surface area contributed by atoms with Gasteiger partial charge >= 0.3 is 0 Å². The second-order valence-electron chi connectivity index (χ2n) is 2.38. The Bertz CT molecular complexity index is 297. The number of aliphatic hydroxyl groups is 1. The zero-order valence-corrected chi connectivity index (χ0v) is 7.95. The molecule has 1 unspecified atom stereocenters. The molecule has 0 spiro atoms. The molecule has 0 heterocycles. The first-order valence-corrected chi connectivity index (χ1v) is 4.23. The van der Waals surface area contributed by atoms with E-state index >= 15 is 0 Å². The monoisotopic (exact) mass is 228 g/mol. The summed E-state index contributed by atoms with van der Waals surface area (Å²) in [5, 5.41) is 18.6. The molecule has 0 fully saturated rings. The molecule has 64 valence electrons. The van der Waals surface area contributed by atoms with Crippen molar-refractivity contribution < 1.29 is 10.2 Å². The Kier molecular flexibility index (Phi) is 2.89. The molecule has 1 aromatic rings. The average molecular weight is 229 g/mol. The van der Waals surface area contributed by atoms with E-state index in [4.69, 9.17) is 0 Å². The number of hydrogen-bond acceptors (Lipinski definition) is 2. The maximum atomic E-state index is 9.34. The predicted molar refractivity (Wildman–Crippen MR) is 51.0 cm³/mol. The Labute approximate surface area is 79.3 Å². The van der Waals surface area contributed by atoms with Gasteiger partial charge < -0.3 is 10.2 Å². The van der Waals surface area contributed by atoms with E-state index in [9.17, 15) is 10.2 Å². The smallest absolute Gasteiger partial charge is 0.121 e. The van der Waals surface area contributed by atoms with Crippen LogP contribution in [-0.2, 0) is 0 Å². The molecular formula is C9H9BrO2. The van der Waals surface area contributed by atoms with Gasteiger partial charge in [0.15, 0.2) is 0 Å². The maximum absolute atomic E-state index is 9.34. The van der Waals surface area contributed by atoms with Crippen LogP contribution < -0.4 is 0 Å². The van der Waals surface area contributed by atoms with Crippen molar-refractivity contribution in [3.63, 3.8) is 0 Å². The third-order valence-corrected chi connectivity index (χ3v) is 2.02. The van der Waals surface area contributed by atoms with E-state index in [0.717, 1.165) is 4.47 Å². The van der Waals surface area contributed by atoms with E-state index in [0.29, 0.717) is 5.56 Å². The summed E-state index contributed by atoms with van der Waals surface area (Å²) in [5.41, 5.74) is 0.458. The van der Waals surface area contributed by atoms with E-state index in [1.807, 2.05) is 0 Å². The average Bonchev–Trinajstić information content (AvgIpc) is 2.08. The molecule has 0 aliphatic heterocycles. The molecule has 1 rings (SSSR count). The van der Waals surface area contributed by atoms with Crippen molar-refractivity contribution in [2.75, 3.05) is 0 Å². The molecule has 0 saturated heterocycles. The number of benzene rings is 1. The SMILES string of the molecule is C=CC(O)c1cc(Br)ccc1O. The number of rotatable bonds is 2. The second kappa shape index (κ2) is 3.74. The Morgan fingerprint density at radius 3 is 2.75 bits per heavy atom. The Morgan fingerprint density at radius 1 is 1.50 bits per heavy atom. The lowest BCUT2D eigenvalue weighted by Gasteiger charge is -2.07. The molecule has 1 atom stereocenters. The minimum Gasteiger partial charge on any atom is -0.508 e. The summed E-state index contributed by atoms with van der Waals surface area (Å²) in [6.07, 6.45) is 0.545. The van der Waals surface area contributed by atoms with E-state index in [-0.39, 0.29) is 5.75 Å². The van der Waals surface area contributed by atoms with Crippen molar-refractivity contribution in [1.82, 2.24) is 0 Å². The van der Waals surface area contributed by atoms with Gasteiger partial charge in [0.1, 0.15) is 11.9 Å². The molecule has 0 bridgehead atoms. The summed E-state index contributed by atoms with van der Waals surface area (Å²) >= 11 is 3.24. The van der Waals surface area contributed by atoms with Crippen LogP contribution in [-0.4, -0.2) is 10.2 Å². The first kappa shape index (κ1) is 9.29. The van der Waals surface area contributed by atoms with Crippen molar-refractivity contribution in [2.24, 2.45) is 0 Å². The summed E-state index contributed by atoms with van der Waals surface area (Å²) in [7, 11) is 0. The minimum atomic E-state index is -0.817. The lowest BCUT2D eigenvalue weighted by molar-refractivity contribution is 0.224. The fourth-order valence-electron chi connectivity index (χ4n) is 0.889. The van der Waals surface area contributed by atoms with Gasteiger partial charge in [-0.05, 0) is 18.2 Å². The number of halogens is 1. The number of phenolic OH excluding ortho intramolecular Hbond substituents is 1. The first-order valence-electron chi connectivity index (χ1n) is 3.44. The number of phenols is 1. The molecule has 0 radical (unpaired) electrons. The van der Waals surface area contributed by atoms with Crippen molar-refractivity contribution in [3.05, 3.63) is 40.9 Å². The Morgan fingerprint density at radius 2 is 2.17 bits per heavy atom. The van der Waals surface area contributed by atoms with E-state index in [1.165, 1.54) is 12.1 Å². The molecular weight excluding hydrogens is 220 g/mol. The Balaban J connectivity index is 3.12. The van der Waals surface area contributed by atoms with Crippen LogP contribution in [0.2, 0.25) is 0 Å². The topological polar surface area (TPSA) is 40.5 Å². The van der Waals surface area contributed by atoms with Crippen molar-refractivity contribution in [2.45, 2.75) is 6.10 Å². The van der Waals surface area contributed by atoms with Gasteiger partial charge in [-0.25, -0.2) is 0 Å². The number of aromatic hydroxyl groups is 1. The van der Waals surface area contributed by atoms with E-state index in [1.54, 1.807) is 12.1 Å². The summed E-state index contributed by atoms with van der Waals surface area (Å²) < 4.78 is 0.816. The zero-order chi connectivity index (χ0) is 9.14. The van der Waals surface area contributed by atoms with E-state index < -0.39 is 6.10 Å². The molecule has 12 heavy (non-hydrogen) atoms. The van der Waals surface area contributed by atoms with Crippen LogP contribution in [0.1, 0.15) is 11.7 Å². The maximum Gasteiger partial charge on any atom is 0.121 e. The highest BCUT2D eigenvalue weighted by atomic mass is 79.9. The molecule has 0 saturated carbocycles. The lowest BCUT2D eigenvalue weighted by atomic mass is 10.1. The van der Waals surface area contributed by atoms with Crippen molar-refractivity contribution in [3.8, 4) is 5.75 Å². The third-order valence-electron chi connectivity index (χ3n) is 1.53. The molecule has 3 heteroatoms. The van der Waals surface area contributed by atoms with Gasteiger partial charge in [-0.15, -0.1) is 6.58 Å². The summed E-state index contributed by atoms with van der Waals surface area (Å²) in [4.78, 5) is 0. The standard InChI is InChI=1S/C9H9BrO2/c1-2-8(11)7-5-6(10)3-4-9(7)12/h2-5,8,11-12H,1H2. The van der Waals surface area contributed by atoms with Gasteiger partial charge in [0.05, 0.1) is 0 Å². The molecule has 1 aromatic carbocycles. The third kappa shape index (κ3) is 1.87. The van der Waals surface area contributed by atoms with Gasteiger partial charge in [0.2, 0.25) is 0 Å². The van der Waals surface area contributed by atoms with Crippen LogP contribution in [0.3, 0.4) is 0 Å². The van der Waals surface area contributed by atoms with Gasteiger partial charge in [0, 0.05) is 10.0 Å². The fraction of sp³-hybridized carbons (Fsp3) is 0.111. The van der Waals surface area contributed by atoms with Crippen molar-refractivity contribution >= 4 is 15.9 Å². The summed E-state index contributed by atoms with van der Waals surface area (Å²) in [5.74, 6) is 0.0746. The highest BCUT2D eigenvalue weighted by molar-refractivity contribution is 9.10. The highest BCUT2D eigenvalue weighted by Crippen LogP contribution is 2.27. The van der Waals surface area contributed by atoms with Gasteiger partial charge in [-0.2, -0.15) is 0 Å².